The molecule has 0 aliphatic carbocycles. The smallest absolute Gasteiger partial charge is 0.326 e. The summed E-state index contributed by atoms with van der Waals surface area (Å²) >= 11 is 0. The van der Waals surface area contributed by atoms with Crippen LogP contribution >= 0.6 is 0 Å². The molecule has 1 saturated heterocycles. The van der Waals surface area contributed by atoms with Crippen molar-refractivity contribution in [2.24, 2.45) is 0 Å². The van der Waals surface area contributed by atoms with E-state index in [4.69, 9.17) is 4.74 Å². The molecule has 2 N–H and O–H groups in total. The van der Waals surface area contributed by atoms with E-state index >= 15 is 0 Å². The van der Waals surface area contributed by atoms with E-state index in [1.807, 2.05) is 17.0 Å². The number of hydrogen-bond acceptors (Lipinski definition) is 6. The van der Waals surface area contributed by atoms with E-state index in [0.717, 1.165) is 0 Å². The molecule has 5 rings (SSSR count). The number of nitrogens with one attached hydrogen (secondary N) is 2. The third-order valence-corrected chi connectivity index (χ3v) is 6.35. The molecule has 2 aromatic carbocycles. The van der Waals surface area contributed by atoms with Gasteiger partial charge in [-0.3, -0.25) is 14.2 Å². The summed E-state index contributed by atoms with van der Waals surface area (Å²) in [7, 11) is 1.47. The number of nitrogens with zero attached hydrogens (tertiary/aromatic N) is 4. The number of fused-ring (bicyclic) bond motifs is 1. The van der Waals surface area contributed by atoms with Crippen molar-refractivity contribution >= 4 is 34.2 Å². The van der Waals surface area contributed by atoms with E-state index in [-0.39, 0.29) is 23.7 Å². The minimum absolute atomic E-state index is 0.0670. The van der Waals surface area contributed by atoms with Crippen LogP contribution in [-0.2, 0) is 11.3 Å². The Morgan fingerprint density at radius 3 is 2.65 bits per heavy atom. The van der Waals surface area contributed by atoms with Crippen molar-refractivity contribution < 1.29 is 18.7 Å². The summed E-state index contributed by atoms with van der Waals surface area (Å²) in [4.78, 5) is 48.8. The lowest BCUT2D eigenvalue weighted by Crippen LogP contribution is -2.50. The highest BCUT2D eigenvalue weighted by Gasteiger charge is 2.25. The molecular formula is C26H25FN6O4. The van der Waals surface area contributed by atoms with E-state index in [1.54, 1.807) is 35.2 Å². The third kappa shape index (κ3) is 5.01. The van der Waals surface area contributed by atoms with Crippen LogP contribution in [0.1, 0.15) is 10.4 Å². The summed E-state index contributed by atoms with van der Waals surface area (Å²) in [5, 5.41) is 2.76. The van der Waals surface area contributed by atoms with Gasteiger partial charge in [-0.05, 0) is 36.4 Å². The number of hydrogen-bond donors (Lipinski definition) is 2. The topological polar surface area (TPSA) is 113 Å². The number of H-pyrrole nitrogens is 1. The molecule has 3 heterocycles. The maximum absolute atomic E-state index is 14.1. The van der Waals surface area contributed by atoms with Crippen molar-refractivity contribution in [2.45, 2.75) is 6.54 Å². The monoisotopic (exact) mass is 504 g/mol. The summed E-state index contributed by atoms with van der Waals surface area (Å²) in [5.41, 5.74) is 2.24. The fraction of sp³-hybridized carbons (Fsp3) is 0.231. The number of para-hydroxylation sites is 2. The van der Waals surface area contributed by atoms with Gasteiger partial charge in [-0.2, -0.15) is 0 Å². The number of pyridine rings is 1. The van der Waals surface area contributed by atoms with Crippen molar-refractivity contribution in [1.82, 2.24) is 19.4 Å². The SMILES string of the molecule is COc1cc(NC(=O)c2cc(F)ccc2N2CCN(C(=O)Cn3c(=O)[nH]c4ccccc43)CC2)ccn1. The highest BCUT2D eigenvalue weighted by molar-refractivity contribution is 6.08. The van der Waals surface area contributed by atoms with Gasteiger partial charge in [0.05, 0.1) is 23.7 Å². The molecule has 1 aliphatic rings. The molecule has 2 amide bonds. The zero-order chi connectivity index (χ0) is 25.9. The number of amides is 2. The van der Waals surface area contributed by atoms with Gasteiger partial charge in [-0.25, -0.2) is 14.2 Å². The maximum Gasteiger partial charge on any atom is 0.326 e. The van der Waals surface area contributed by atoms with Gasteiger partial charge in [0.2, 0.25) is 11.8 Å². The molecule has 1 aliphatic heterocycles. The minimum atomic E-state index is -0.529. The Bertz CT molecular complexity index is 1520. The summed E-state index contributed by atoms with van der Waals surface area (Å²) in [6.45, 7) is 1.63. The van der Waals surface area contributed by atoms with Crippen molar-refractivity contribution in [3.8, 4) is 5.88 Å². The molecule has 0 spiro atoms. The molecular weight excluding hydrogens is 479 g/mol. The van der Waals surface area contributed by atoms with Crippen molar-refractivity contribution in [1.29, 1.82) is 0 Å². The van der Waals surface area contributed by atoms with Crippen LogP contribution in [0.25, 0.3) is 11.0 Å². The van der Waals surface area contributed by atoms with E-state index < -0.39 is 11.7 Å². The summed E-state index contributed by atoms with van der Waals surface area (Å²) < 4.78 is 20.6. The van der Waals surface area contributed by atoms with Gasteiger partial charge in [0.25, 0.3) is 5.91 Å². The van der Waals surface area contributed by atoms with Crippen molar-refractivity contribution in [2.75, 3.05) is 43.5 Å². The lowest BCUT2D eigenvalue weighted by molar-refractivity contribution is -0.132. The van der Waals surface area contributed by atoms with Crippen LogP contribution < -0.4 is 20.6 Å². The molecule has 1 fully saturated rings. The Labute approximate surface area is 211 Å². The molecule has 10 nitrogen and oxygen atoms in total. The molecule has 0 unspecified atom stereocenters. The number of anilines is 2. The number of piperazine rings is 1. The Hall–Kier alpha value is -4.67. The van der Waals surface area contributed by atoms with Gasteiger partial charge in [0.1, 0.15) is 12.4 Å². The van der Waals surface area contributed by atoms with Crippen LogP contribution in [-0.4, -0.2) is 64.5 Å². The number of carbonyl (C=O) groups excluding carboxylic acids is 2. The number of aromatic nitrogens is 3. The molecule has 0 saturated carbocycles. The van der Waals surface area contributed by atoms with E-state index in [2.05, 4.69) is 15.3 Å². The number of aromatic amines is 1. The van der Waals surface area contributed by atoms with Crippen LogP contribution in [0.3, 0.4) is 0 Å². The maximum atomic E-state index is 14.1. The quantitative estimate of drug-likeness (QED) is 0.417. The van der Waals surface area contributed by atoms with Gasteiger partial charge < -0.3 is 24.8 Å². The van der Waals surface area contributed by atoms with Gasteiger partial charge in [0.15, 0.2) is 0 Å². The zero-order valence-corrected chi connectivity index (χ0v) is 20.1. The number of ether oxygens (including phenoxy) is 1. The van der Waals surface area contributed by atoms with Crippen LogP contribution in [0.2, 0.25) is 0 Å². The molecule has 2 aromatic heterocycles. The molecule has 37 heavy (non-hydrogen) atoms. The van der Waals surface area contributed by atoms with Crippen LogP contribution in [0.4, 0.5) is 15.8 Å². The van der Waals surface area contributed by atoms with E-state index in [9.17, 15) is 18.8 Å². The summed E-state index contributed by atoms with van der Waals surface area (Å²) in [6.07, 6.45) is 1.50. The van der Waals surface area contributed by atoms with Gasteiger partial charge in [-0.15, -0.1) is 0 Å². The second kappa shape index (κ2) is 10.1. The third-order valence-electron chi connectivity index (χ3n) is 6.35. The van der Waals surface area contributed by atoms with Gasteiger partial charge in [-0.1, -0.05) is 12.1 Å². The number of rotatable bonds is 6. The minimum Gasteiger partial charge on any atom is -0.481 e. The first-order valence-corrected chi connectivity index (χ1v) is 11.7. The Morgan fingerprint density at radius 2 is 1.86 bits per heavy atom. The number of halogens is 1. The summed E-state index contributed by atoms with van der Waals surface area (Å²) in [6, 6.07) is 14.5. The second-order valence-electron chi connectivity index (χ2n) is 8.60. The van der Waals surface area contributed by atoms with Crippen LogP contribution in [0.5, 0.6) is 5.88 Å². The first kappa shape index (κ1) is 24.0. The number of carbonyl (C=O) groups is 2. The Kier molecular flexibility index (Phi) is 6.59. The molecule has 190 valence electrons. The Morgan fingerprint density at radius 1 is 1.08 bits per heavy atom. The van der Waals surface area contributed by atoms with E-state index in [0.29, 0.717) is 54.5 Å². The molecule has 0 bridgehead atoms. The van der Waals surface area contributed by atoms with Crippen LogP contribution in [0, 0.1) is 5.82 Å². The second-order valence-corrected chi connectivity index (χ2v) is 8.60. The van der Waals surface area contributed by atoms with Gasteiger partial charge in [0, 0.05) is 49.8 Å². The Balaban J connectivity index is 1.28. The average Bonchev–Trinajstić information content (AvgIpc) is 3.23. The van der Waals surface area contributed by atoms with Gasteiger partial charge >= 0.3 is 5.69 Å². The summed E-state index contributed by atoms with van der Waals surface area (Å²) in [5.74, 6) is -0.831. The number of benzene rings is 2. The fourth-order valence-corrected chi connectivity index (χ4v) is 4.46. The number of methoxy groups -OCH3 is 1. The van der Waals surface area contributed by atoms with Crippen LogP contribution in [0.15, 0.2) is 65.6 Å². The number of imidazole rings is 1. The standard InChI is InChI=1S/C26H25FN6O4/c1-37-23-15-18(8-9-28-23)29-25(35)19-14-17(27)6-7-21(19)31-10-12-32(13-11-31)24(34)16-33-22-5-3-2-4-20(22)30-26(33)36/h2-9,14-15H,10-13,16H2,1H3,(H,30,36)(H,28,29,35). The molecule has 11 heteroatoms. The molecule has 0 atom stereocenters. The normalized spacial score (nSPS) is 13.6. The molecule has 0 radical (unpaired) electrons. The lowest BCUT2D eigenvalue weighted by Gasteiger charge is -2.37. The predicted octanol–water partition coefficient (Wildman–Crippen LogP) is 2.47. The highest BCUT2D eigenvalue weighted by atomic mass is 19.1. The fourth-order valence-electron chi connectivity index (χ4n) is 4.46. The predicted molar refractivity (Wildman–Crippen MR) is 136 cm³/mol. The van der Waals surface area contributed by atoms with E-state index in [1.165, 1.54) is 30.0 Å². The molecule has 4 aromatic rings. The zero-order valence-electron chi connectivity index (χ0n) is 20.1. The van der Waals surface area contributed by atoms with Crippen molar-refractivity contribution in [3.05, 3.63) is 82.7 Å². The van der Waals surface area contributed by atoms with Crippen molar-refractivity contribution in [3.63, 3.8) is 0 Å². The first-order chi connectivity index (χ1) is 17.9. The lowest BCUT2D eigenvalue weighted by atomic mass is 10.1. The average molecular weight is 505 g/mol. The largest absolute Gasteiger partial charge is 0.481 e. The highest BCUT2D eigenvalue weighted by Crippen LogP contribution is 2.25. The first-order valence-electron chi connectivity index (χ1n) is 11.7.